The van der Waals surface area contributed by atoms with E-state index in [1.54, 1.807) is 11.3 Å². The van der Waals surface area contributed by atoms with Crippen molar-refractivity contribution in [2.75, 3.05) is 11.9 Å². The fourth-order valence-electron chi connectivity index (χ4n) is 1.34. The second kappa shape index (κ2) is 6.62. The first-order chi connectivity index (χ1) is 7.63. The van der Waals surface area contributed by atoms with Gasteiger partial charge in [-0.1, -0.05) is 0 Å². The summed E-state index contributed by atoms with van der Waals surface area (Å²) in [6, 6.07) is 2.18. The maximum atomic E-state index is 10.9. The molecule has 3 N–H and O–H groups in total. The molecule has 0 saturated carbocycles. The lowest BCUT2D eigenvalue weighted by Crippen LogP contribution is -2.26. The average molecular weight is 242 g/mol. The van der Waals surface area contributed by atoms with Crippen LogP contribution in [0, 0.1) is 0 Å². The zero-order chi connectivity index (χ0) is 12.0. The first-order valence-corrected chi connectivity index (χ1v) is 6.19. The molecule has 1 amide bonds. The van der Waals surface area contributed by atoms with Crippen LogP contribution in [0.1, 0.15) is 25.1 Å². The van der Waals surface area contributed by atoms with Gasteiger partial charge in [-0.3, -0.25) is 4.79 Å². The number of anilines is 1. The Labute approximate surface area is 99.7 Å². The third kappa shape index (κ3) is 4.30. The van der Waals surface area contributed by atoms with Gasteiger partial charge in [-0.15, -0.1) is 11.3 Å². The molecule has 1 heterocycles. The van der Waals surface area contributed by atoms with Gasteiger partial charge in [-0.05, 0) is 24.8 Å². The van der Waals surface area contributed by atoms with Crippen molar-refractivity contribution in [1.82, 2.24) is 5.32 Å². The van der Waals surface area contributed by atoms with Crippen molar-refractivity contribution < 1.29 is 9.90 Å². The summed E-state index contributed by atoms with van der Waals surface area (Å²) >= 11 is 1.61. The number of rotatable bonds is 6. The first kappa shape index (κ1) is 13.2. The minimum atomic E-state index is -0.0527. The Balaban J connectivity index is 2.47. The van der Waals surface area contributed by atoms with Crippen LogP contribution in [0.3, 0.4) is 0 Å². The summed E-state index contributed by atoms with van der Waals surface area (Å²) in [6.07, 6.45) is 0.737. The van der Waals surface area contributed by atoms with E-state index >= 15 is 0 Å². The van der Waals surface area contributed by atoms with E-state index in [4.69, 9.17) is 5.11 Å². The second-order valence-electron chi connectivity index (χ2n) is 3.73. The minimum absolute atomic E-state index is 0.0527. The van der Waals surface area contributed by atoms with E-state index in [1.165, 1.54) is 6.92 Å². The van der Waals surface area contributed by atoms with Crippen LogP contribution in [0.2, 0.25) is 0 Å². The Bertz CT molecular complexity index is 338. The molecule has 0 fully saturated rings. The van der Waals surface area contributed by atoms with E-state index in [0.717, 1.165) is 17.0 Å². The van der Waals surface area contributed by atoms with Gasteiger partial charge in [0.05, 0.1) is 5.69 Å². The maximum absolute atomic E-state index is 10.9. The number of hydrogen-bond donors (Lipinski definition) is 3. The number of aliphatic hydroxyl groups excluding tert-OH is 1. The van der Waals surface area contributed by atoms with Gasteiger partial charge in [0.25, 0.3) is 0 Å². The lowest BCUT2D eigenvalue weighted by atomic mass is 10.2. The van der Waals surface area contributed by atoms with Crippen molar-refractivity contribution in [1.29, 1.82) is 0 Å². The van der Waals surface area contributed by atoms with Crippen LogP contribution in [-0.4, -0.2) is 23.7 Å². The molecule has 1 atom stereocenters. The lowest BCUT2D eigenvalue weighted by Gasteiger charge is -2.12. The average Bonchev–Trinajstić information content (AvgIpc) is 2.62. The van der Waals surface area contributed by atoms with Gasteiger partial charge in [0.1, 0.15) is 0 Å². The number of aliphatic hydroxyl groups is 1. The molecular weight excluding hydrogens is 224 g/mol. The molecule has 90 valence electrons. The van der Waals surface area contributed by atoms with Crippen LogP contribution in [0.25, 0.3) is 0 Å². The number of amides is 1. The predicted molar refractivity (Wildman–Crippen MR) is 66.6 cm³/mol. The van der Waals surface area contributed by atoms with Crippen LogP contribution in [0.4, 0.5) is 5.69 Å². The van der Waals surface area contributed by atoms with E-state index in [2.05, 4.69) is 10.6 Å². The molecule has 0 aromatic carbocycles. The number of thiophene rings is 1. The molecular formula is C11H18N2O2S. The number of carbonyl (C=O) groups excluding carboxylic acids is 1. The minimum Gasteiger partial charge on any atom is -0.396 e. The maximum Gasteiger partial charge on any atom is 0.221 e. The Hall–Kier alpha value is -0.910. The predicted octanol–water partition coefficient (Wildman–Crippen LogP) is 1.57. The fraction of sp³-hybridized carbons (Fsp3) is 0.545. The van der Waals surface area contributed by atoms with Crippen molar-refractivity contribution in [3.63, 3.8) is 0 Å². The molecule has 0 bridgehead atoms. The van der Waals surface area contributed by atoms with Gasteiger partial charge in [0.2, 0.25) is 5.91 Å². The summed E-state index contributed by atoms with van der Waals surface area (Å²) in [6.45, 7) is 4.44. The highest BCUT2D eigenvalue weighted by atomic mass is 32.1. The SMILES string of the molecule is CC(=O)Nc1ccsc1CNC(C)CCO. The molecule has 1 aromatic rings. The zero-order valence-electron chi connectivity index (χ0n) is 9.62. The van der Waals surface area contributed by atoms with E-state index in [1.807, 2.05) is 18.4 Å². The Kier molecular flexibility index (Phi) is 5.45. The molecule has 5 heteroatoms. The van der Waals surface area contributed by atoms with E-state index in [0.29, 0.717) is 6.54 Å². The van der Waals surface area contributed by atoms with Gasteiger partial charge >= 0.3 is 0 Å². The van der Waals surface area contributed by atoms with Crippen LogP contribution >= 0.6 is 11.3 Å². The molecule has 1 unspecified atom stereocenters. The van der Waals surface area contributed by atoms with Crippen molar-refractivity contribution >= 4 is 22.9 Å². The molecule has 0 radical (unpaired) electrons. The smallest absolute Gasteiger partial charge is 0.221 e. The highest BCUT2D eigenvalue weighted by Crippen LogP contribution is 2.22. The summed E-state index contributed by atoms with van der Waals surface area (Å²) in [7, 11) is 0. The Morgan fingerprint density at radius 3 is 3.00 bits per heavy atom. The normalized spacial score (nSPS) is 12.4. The van der Waals surface area contributed by atoms with Crippen LogP contribution in [0.15, 0.2) is 11.4 Å². The Morgan fingerprint density at radius 2 is 2.38 bits per heavy atom. The van der Waals surface area contributed by atoms with Crippen molar-refractivity contribution in [2.45, 2.75) is 32.9 Å². The summed E-state index contributed by atoms with van der Waals surface area (Å²) < 4.78 is 0. The van der Waals surface area contributed by atoms with Crippen molar-refractivity contribution in [3.8, 4) is 0 Å². The highest BCUT2D eigenvalue weighted by Gasteiger charge is 2.07. The quantitative estimate of drug-likeness (QED) is 0.709. The molecule has 4 nitrogen and oxygen atoms in total. The van der Waals surface area contributed by atoms with Gasteiger partial charge in [-0.2, -0.15) is 0 Å². The summed E-state index contributed by atoms with van der Waals surface area (Å²) in [5, 5.41) is 16.8. The molecule has 0 aliphatic heterocycles. The molecule has 16 heavy (non-hydrogen) atoms. The van der Waals surface area contributed by atoms with Gasteiger partial charge in [-0.25, -0.2) is 0 Å². The van der Waals surface area contributed by atoms with Crippen molar-refractivity contribution in [2.24, 2.45) is 0 Å². The first-order valence-electron chi connectivity index (χ1n) is 5.31. The Morgan fingerprint density at radius 1 is 1.62 bits per heavy atom. The topological polar surface area (TPSA) is 61.4 Å². The molecule has 1 rings (SSSR count). The number of carbonyl (C=O) groups is 1. The van der Waals surface area contributed by atoms with E-state index in [-0.39, 0.29) is 18.6 Å². The van der Waals surface area contributed by atoms with E-state index in [9.17, 15) is 4.79 Å². The standard InChI is InChI=1S/C11H18N2O2S/c1-8(3-5-14)12-7-11-10(4-6-16-11)13-9(2)15/h4,6,8,12,14H,3,5,7H2,1-2H3,(H,13,15). The van der Waals surface area contributed by atoms with E-state index < -0.39 is 0 Å². The van der Waals surface area contributed by atoms with Gasteiger partial charge in [0.15, 0.2) is 0 Å². The summed E-state index contributed by atoms with van der Waals surface area (Å²) in [5.41, 5.74) is 0.876. The van der Waals surface area contributed by atoms with Crippen LogP contribution in [0.5, 0.6) is 0 Å². The lowest BCUT2D eigenvalue weighted by molar-refractivity contribution is -0.114. The largest absolute Gasteiger partial charge is 0.396 e. The number of nitrogens with one attached hydrogen (secondary N) is 2. The molecule has 0 spiro atoms. The molecule has 1 aromatic heterocycles. The third-order valence-electron chi connectivity index (χ3n) is 2.23. The molecule has 0 aliphatic rings. The monoisotopic (exact) mass is 242 g/mol. The van der Waals surface area contributed by atoms with Crippen molar-refractivity contribution in [3.05, 3.63) is 16.3 Å². The summed E-state index contributed by atoms with van der Waals surface area (Å²) in [5.74, 6) is -0.0527. The zero-order valence-corrected chi connectivity index (χ0v) is 10.4. The summed E-state index contributed by atoms with van der Waals surface area (Å²) in [4.78, 5) is 12.1. The van der Waals surface area contributed by atoms with Gasteiger partial charge in [0, 0.05) is 31.0 Å². The third-order valence-corrected chi connectivity index (χ3v) is 3.15. The molecule has 0 saturated heterocycles. The van der Waals surface area contributed by atoms with Crippen LogP contribution in [-0.2, 0) is 11.3 Å². The second-order valence-corrected chi connectivity index (χ2v) is 4.73. The molecule has 0 aliphatic carbocycles. The number of hydrogen-bond acceptors (Lipinski definition) is 4. The highest BCUT2D eigenvalue weighted by molar-refractivity contribution is 7.10. The van der Waals surface area contributed by atoms with Gasteiger partial charge < -0.3 is 15.7 Å². The van der Waals surface area contributed by atoms with Crippen LogP contribution < -0.4 is 10.6 Å². The fourth-order valence-corrected chi connectivity index (χ4v) is 2.12.